The molecule has 2 aromatic rings. The molecule has 0 saturated carbocycles. The predicted octanol–water partition coefficient (Wildman–Crippen LogP) is 1.68. The van der Waals surface area contributed by atoms with Crippen molar-refractivity contribution < 1.29 is 9.53 Å². The molecule has 2 rings (SSSR count). The van der Waals surface area contributed by atoms with Gasteiger partial charge in [0.1, 0.15) is 0 Å². The lowest BCUT2D eigenvalue weighted by Gasteiger charge is -2.05. The van der Waals surface area contributed by atoms with Gasteiger partial charge in [0.25, 0.3) is 5.91 Å². The molecule has 0 atom stereocenters. The van der Waals surface area contributed by atoms with Crippen LogP contribution in [0.1, 0.15) is 21.7 Å². The number of H-pyrrole nitrogens is 1. The molecule has 0 bridgehead atoms. The summed E-state index contributed by atoms with van der Waals surface area (Å²) in [6.07, 6.45) is 1.54. The molecule has 0 saturated heterocycles. The number of methoxy groups -OCH3 is 1. The third kappa shape index (κ3) is 2.32. The first kappa shape index (κ1) is 12.1. The Morgan fingerprint density at radius 3 is 2.67 bits per heavy atom. The Morgan fingerprint density at radius 1 is 1.39 bits per heavy atom. The summed E-state index contributed by atoms with van der Waals surface area (Å²) >= 11 is 0. The van der Waals surface area contributed by atoms with Crippen LogP contribution in [0.4, 0.5) is 5.69 Å². The molecule has 0 aliphatic carbocycles. The topological polar surface area (TPSA) is 79.9 Å². The van der Waals surface area contributed by atoms with Gasteiger partial charge in [-0.2, -0.15) is 5.10 Å². The first-order chi connectivity index (χ1) is 8.61. The van der Waals surface area contributed by atoms with Gasteiger partial charge in [0.05, 0.1) is 30.3 Å². The Morgan fingerprint density at radius 2 is 2.17 bits per heavy atom. The highest BCUT2D eigenvalue weighted by Gasteiger charge is 2.15. The van der Waals surface area contributed by atoms with E-state index in [-0.39, 0.29) is 5.91 Å². The van der Waals surface area contributed by atoms with E-state index in [1.54, 1.807) is 39.3 Å². The molecule has 2 heterocycles. The molecule has 1 amide bonds. The van der Waals surface area contributed by atoms with Crippen molar-refractivity contribution >= 4 is 11.6 Å². The molecule has 0 aliphatic heterocycles. The van der Waals surface area contributed by atoms with Crippen LogP contribution in [-0.2, 0) is 0 Å². The summed E-state index contributed by atoms with van der Waals surface area (Å²) in [7, 11) is 1.54. The molecule has 0 fully saturated rings. The molecule has 6 heteroatoms. The van der Waals surface area contributed by atoms with E-state index in [1.165, 1.54) is 0 Å². The van der Waals surface area contributed by atoms with E-state index in [2.05, 4.69) is 20.5 Å². The number of amides is 1. The molecule has 6 nitrogen and oxygen atoms in total. The molecule has 0 spiro atoms. The number of pyridine rings is 1. The highest BCUT2D eigenvalue weighted by atomic mass is 16.5. The zero-order valence-electron chi connectivity index (χ0n) is 10.4. The Bertz CT molecular complexity index is 540. The average molecular weight is 246 g/mol. The van der Waals surface area contributed by atoms with Gasteiger partial charge >= 0.3 is 0 Å². The van der Waals surface area contributed by atoms with E-state index >= 15 is 0 Å². The quantitative estimate of drug-likeness (QED) is 0.863. The van der Waals surface area contributed by atoms with E-state index in [1.807, 2.05) is 0 Å². The number of hydrogen-bond acceptors (Lipinski definition) is 4. The van der Waals surface area contributed by atoms with Crippen molar-refractivity contribution in [2.45, 2.75) is 13.8 Å². The molecule has 2 N–H and O–H groups in total. The number of aromatic nitrogens is 3. The van der Waals surface area contributed by atoms with Gasteiger partial charge in [0.2, 0.25) is 5.88 Å². The maximum absolute atomic E-state index is 12.0. The molecule has 2 aromatic heterocycles. The largest absolute Gasteiger partial charge is 0.481 e. The summed E-state index contributed by atoms with van der Waals surface area (Å²) in [4.78, 5) is 16.1. The summed E-state index contributed by atoms with van der Waals surface area (Å²) in [6.45, 7) is 3.59. The number of rotatable bonds is 3. The summed E-state index contributed by atoms with van der Waals surface area (Å²) in [5, 5.41) is 9.52. The van der Waals surface area contributed by atoms with Crippen LogP contribution in [0.5, 0.6) is 5.88 Å². The van der Waals surface area contributed by atoms with E-state index in [0.29, 0.717) is 22.8 Å². The lowest BCUT2D eigenvalue weighted by molar-refractivity contribution is 0.102. The van der Waals surface area contributed by atoms with Crippen molar-refractivity contribution in [2.75, 3.05) is 12.4 Å². The molecule has 94 valence electrons. The van der Waals surface area contributed by atoms with Gasteiger partial charge in [-0.15, -0.1) is 0 Å². The molecular formula is C12H14N4O2. The molecule has 0 unspecified atom stereocenters. The number of carbonyl (C=O) groups excluding carboxylic acids is 1. The van der Waals surface area contributed by atoms with E-state index < -0.39 is 0 Å². The van der Waals surface area contributed by atoms with E-state index in [0.717, 1.165) is 5.69 Å². The van der Waals surface area contributed by atoms with Crippen molar-refractivity contribution in [2.24, 2.45) is 0 Å². The minimum Gasteiger partial charge on any atom is -0.481 e. The van der Waals surface area contributed by atoms with Crippen LogP contribution in [-0.4, -0.2) is 28.2 Å². The van der Waals surface area contributed by atoms with Crippen LogP contribution in [0, 0.1) is 13.8 Å². The highest BCUT2D eigenvalue weighted by Crippen LogP contribution is 2.15. The fourth-order valence-corrected chi connectivity index (χ4v) is 1.65. The van der Waals surface area contributed by atoms with Gasteiger partial charge in [-0.3, -0.25) is 9.89 Å². The standard InChI is InChI=1S/C12H14N4O2/c1-7-11(8(2)16-15-7)12(17)14-9-4-5-10(18-3)13-6-9/h4-6H,1-3H3,(H,14,17)(H,15,16). The average Bonchev–Trinajstić information content (AvgIpc) is 2.70. The van der Waals surface area contributed by atoms with E-state index in [4.69, 9.17) is 4.74 Å². The summed E-state index contributed by atoms with van der Waals surface area (Å²) in [5.74, 6) is 0.300. The summed E-state index contributed by atoms with van der Waals surface area (Å²) in [5.41, 5.74) is 2.59. The van der Waals surface area contributed by atoms with Crippen LogP contribution in [0.15, 0.2) is 18.3 Å². The van der Waals surface area contributed by atoms with Crippen LogP contribution in [0.2, 0.25) is 0 Å². The Balaban J connectivity index is 2.16. The van der Waals surface area contributed by atoms with Gasteiger partial charge in [0.15, 0.2) is 0 Å². The maximum atomic E-state index is 12.0. The molecule has 0 radical (unpaired) electrons. The second-order valence-corrected chi connectivity index (χ2v) is 3.85. The maximum Gasteiger partial charge on any atom is 0.259 e. The van der Waals surface area contributed by atoms with Crippen LogP contribution in [0.3, 0.4) is 0 Å². The van der Waals surface area contributed by atoms with Crippen molar-refractivity contribution in [1.82, 2.24) is 15.2 Å². The van der Waals surface area contributed by atoms with Crippen LogP contribution in [0.25, 0.3) is 0 Å². The fraction of sp³-hybridized carbons (Fsp3) is 0.250. The molecular weight excluding hydrogens is 232 g/mol. The third-order valence-electron chi connectivity index (χ3n) is 2.56. The molecule has 0 aromatic carbocycles. The zero-order valence-corrected chi connectivity index (χ0v) is 10.4. The van der Waals surface area contributed by atoms with E-state index in [9.17, 15) is 4.79 Å². The zero-order chi connectivity index (χ0) is 13.1. The first-order valence-electron chi connectivity index (χ1n) is 5.44. The fourth-order valence-electron chi connectivity index (χ4n) is 1.65. The lowest BCUT2D eigenvalue weighted by Crippen LogP contribution is -2.13. The van der Waals surface area contributed by atoms with Gasteiger partial charge in [-0.25, -0.2) is 4.98 Å². The number of anilines is 1. The van der Waals surface area contributed by atoms with Crippen molar-refractivity contribution in [3.8, 4) is 5.88 Å². The SMILES string of the molecule is COc1ccc(NC(=O)c2c(C)n[nH]c2C)cn1. The highest BCUT2D eigenvalue weighted by molar-refractivity contribution is 6.05. The van der Waals surface area contributed by atoms with Gasteiger partial charge in [-0.05, 0) is 19.9 Å². The Kier molecular flexibility index (Phi) is 3.27. The second-order valence-electron chi connectivity index (χ2n) is 3.85. The lowest BCUT2D eigenvalue weighted by atomic mass is 10.2. The molecule has 0 aliphatic rings. The summed E-state index contributed by atoms with van der Waals surface area (Å²) < 4.78 is 4.95. The van der Waals surface area contributed by atoms with Crippen molar-refractivity contribution in [3.05, 3.63) is 35.3 Å². The second kappa shape index (κ2) is 4.87. The predicted molar refractivity (Wildman–Crippen MR) is 66.8 cm³/mol. The number of hydrogen-bond donors (Lipinski definition) is 2. The number of nitrogens with zero attached hydrogens (tertiary/aromatic N) is 2. The van der Waals surface area contributed by atoms with Gasteiger partial charge in [0, 0.05) is 11.8 Å². The normalized spacial score (nSPS) is 10.2. The number of carbonyl (C=O) groups is 1. The number of ether oxygens (including phenoxy) is 1. The summed E-state index contributed by atoms with van der Waals surface area (Å²) in [6, 6.07) is 3.42. The van der Waals surface area contributed by atoms with Gasteiger partial charge in [-0.1, -0.05) is 0 Å². The smallest absolute Gasteiger partial charge is 0.259 e. The number of aryl methyl sites for hydroxylation is 2. The monoisotopic (exact) mass is 246 g/mol. The number of nitrogens with one attached hydrogen (secondary N) is 2. The molecule has 18 heavy (non-hydrogen) atoms. The van der Waals surface area contributed by atoms with Crippen LogP contribution < -0.4 is 10.1 Å². The van der Waals surface area contributed by atoms with Crippen LogP contribution >= 0.6 is 0 Å². The Hall–Kier alpha value is -2.37. The third-order valence-corrected chi connectivity index (χ3v) is 2.56. The minimum atomic E-state index is -0.203. The number of aromatic amines is 1. The van der Waals surface area contributed by atoms with Crippen molar-refractivity contribution in [1.29, 1.82) is 0 Å². The van der Waals surface area contributed by atoms with Crippen molar-refractivity contribution in [3.63, 3.8) is 0 Å². The first-order valence-corrected chi connectivity index (χ1v) is 5.44. The van der Waals surface area contributed by atoms with Gasteiger partial charge < -0.3 is 10.1 Å². The minimum absolute atomic E-state index is 0.203. The Labute approximate surface area is 104 Å².